The number of benzene rings is 2. The van der Waals surface area contributed by atoms with Gasteiger partial charge < -0.3 is 10.2 Å². The molecule has 1 heterocycles. The van der Waals surface area contributed by atoms with Gasteiger partial charge in [0.1, 0.15) is 11.7 Å². The van der Waals surface area contributed by atoms with Crippen LogP contribution in [0.25, 0.3) is 0 Å². The van der Waals surface area contributed by atoms with E-state index in [1.807, 2.05) is 36.4 Å². The number of nitrogens with zero attached hydrogens (tertiary/aromatic N) is 2. The molecule has 1 aliphatic rings. The molecule has 2 aromatic rings. The summed E-state index contributed by atoms with van der Waals surface area (Å²) in [6.07, 6.45) is -1.06. The van der Waals surface area contributed by atoms with Crippen molar-refractivity contribution >= 4 is 10.2 Å². The van der Waals surface area contributed by atoms with Gasteiger partial charge in [-0.1, -0.05) is 60.7 Å². The first-order valence-electron chi connectivity index (χ1n) is 8.55. The molecule has 0 aliphatic carbocycles. The van der Waals surface area contributed by atoms with Crippen molar-refractivity contribution in [3.05, 3.63) is 71.8 Å². The molecular weight excluding hydrogens is 352 g/mol. The topological polar surface area (TPSA) is 81.1 Å². The van der Waals surface area contributed by atoms with Crippen molar-refractivity contribution in [2.75, 3.05) is 20.1 Å². The normalized spacial score (nSPS) is 24.7. The molecule has 7 heteroatoms. The minimum Gasteiger partial charge on any atom is -0.388 e. The van der Waals surface area contributed by atoms with Crippen LogP contribution in [0.5, 0.6) is 0 Å². The largest absolute Gasteiger partial charge is 0.388 e. The van der Waals surface area contributed by atoms with Gasteiger partial charge in [0.05, 0.1) is 0 Å². The average molecular weight is 376 g/mol. The molecule has 0 spiro atoms. The molecular formula is C19H24N2O4S. The predicted octanol–water partition coefficient (Wildman–Crippen LogP) is 1.32. The lowest BCUT2D eigenvalue weighted by Crippen LogP contribution is -2.57. The van der Waals surface area contributed by atoms with Gasteiger partial charge in [-0.05, 0) is 17.5 Å². The maximum absolute atomic E-state index is 12.8. The smallest absolute Gasteiger partial charge is 0.282 e. The third-order valence-corrected chi connectivity index (χ3v) is 6.81. The number of rotatable bonds is 5. The lowest BCUT2D eigenvalue weighted by Gasteiger charge is -2.42. The van der Waals surface area contributed by atoms with Gasteiger partial charge in [-0.15, -0.1) is 0 Å². The van der Waals surface area contributed by atoms with Crippen LogP contribution >= 0.6 is 0 Å². The molecule has 1 aliphatic heterocycles. The zero-order valence-electron chi connectivity index (χ0n) is 14.7. The fraction of sp³-hybridized carbons (Fsp3) is 0.368. The average Bonchev–Trinajstić information content (AvgIpc) is 2.65. The Bertz CT molecular complexity index is 829. The van der Waals surface area contributed by atoms with E-state index in [9.17, 15) is 18.6 Å². The van der Waals surface area contributed by atoms with Crippen LogP contribution in [0.3, 0.4) is 0 Å². The van der Waals surface area contributed by atoms with E-state index in [0.717, 1.165) is 5.56 Å². The van der Waals surface area contributed by atoms with E-state index < -0.39 is 21.9 Å². The van der Waals surface area contributed by atoms with Crippen LogP contribution in [-0.2, 0) is 22.4 Å². The monoisotopic (exact) mass is 376 g/mol. The van der Waals surface area contributed by atoms with Crippen molar-refractivity contribution in [2.45, 2.75) is 24.7 Å². The molecule has 0 amide bonds. The second-order valence-electron chi connectivity index (χ2n) is 6.66. The van der Waals surface area contributed by atoms with Gasteiger partial charge in [-0.3, -0.25) is 0 Å². The molecule has 2 aromatic carbocycles. The number of piperidine rings is 1. The van der Waals surface area contributed by atoms with Crippen LogP contribution in [0.2, 0.25) is 0 Å². The van der Waals surface area contributed by atoms with Gasteiger partial charge in [0.2, 0.25) is 0 Å². The molecule has 140 valence electrons. The van der Waals surface area contributed by atoms with Gasteiger partial charge >= 0.3 is 0 Å². The summed E-state index contributed by atoms with van der Waals surface area (Å²) in [7, 11) is -2.21. The van der Waals surface area contributed by atoms with Crippen molar-refractivity contribution in [3.63, 3.8) is 0 Å². The third kappa shape index (κ3) is 3.67. The zero-order valence-corrected chi connectivity index (χ0v) is 15.5. The van der Waals surface area contributed by atoms with Crippen LogP contribution in [-0.4, -0.2) is 53.5 Å². The Hall–Kier alpha value is -1.77. The van der Waals surface area contributed by atoms with Gasteiger partial charge in [0, 0.05) is 26.7 Å². The first kappa shape index (κ1) is 19.0. The summed E-state index contributed by atoms with van der Waals surface area (Å²) < 4.78 is 28.2. The second kappa shape index (κ2) is 7.46. The van der Waals surface area contributed by atoms with Crippen molar-refractivity contribution in [3.8, 4) is 0 Å². The minimum absolute atomic E-state index is 0.136. The highest BCUT2D eigenvalue weighted by Crippen LogP contribution is 2.34. The van der Waals surface area contributed by atoms with E-state index in [0.29, 0.717) is 5.56 Å². The quantitative estimate of drug-likeness (QED) is 0.825. The van der Waals surface area contributed by atoms with E-state index in [1.165, 1.54) is 15.7 Å². The molecule has 3 rings (SSSR count). The van der Waals surface area contributed by atoms with Crippen LogP contribution in [0.4, 0.5) is 0 Å². The Balaban J connectivity index is 1.73. The summed E-state index contributed by atoms with van der Waals surface area (Å²) >= 11 is 0. The SMILES string of the molecule is CN(Cc1ccccc1)S(=O)(=O)N1CC[C@](O)(c2ccccc2)[C@@H](O)C1. The third-order valence-electron chi connectivity index (χ3n) is 4.91. The highest BCUT2D eigenvalue weighted by atomic mass is 32.2. The fourth-order valence-corrected chi connectivity index (χ4v) is 4.65. The number of aliphatic hydroxyl groups excluding tert-OH is 1. The van der Waals surface area contributed by atoms with E-state index in [1.54, 1.807) is 24.3 Å². The first-order valence-corrected chi connectivity index (χ1v) is 9.95. The molecule has 26 heavy (non-hydrogen) atoms. The molecule has 0 radical (unpaired) electrons. The Morgan fingerprint density at radius 1 is 1.12 bits per heavy atom. The molecule has 2 atom stereocenters. The Kier molecular flexibility index (Phi) is 5.45. The molecule has 1 fully saturated rings. The lowest BCUT2D eigenvalue weighted by atomic mass is 9.83. The predicted molar refractivity (Wildman–Crippen MR) is 99.4 cm³/mol. The maximum Gasteiger partial charge on any atom is 0.282 e. The van der Waals surface area contributed by atoms with Gasteiger partial charge in [-0.2, -0.15) is 17.0 Å². The van der Waals surface area contributed by atoms with Gasteiger partial charge in [0.15, 0.2) is 0 Å². The molecule has 0 saturated carbocycles. The Morgan fingerprint density at radius 2 is 1.69 bits per heavy atom. The van der Waals surface area contributed by atoms with E-state index >= 15 is 0 Å². The van der Waals surface area contributed by atoms with Crippen molar-refractivity contribution in [1.29, 1.82) is 0 Å². The molecule has 0 aromatic heterocycles. The van der Waals surface area contributed by atoms with E-state index in [4.69, 9.17) is 0 Å². The molecule has 1 saturated heterocycles. The van der Waals surface area contributed by atoms with E-state index in [2.05, 4.69) is 0 Å². The molecule has 0 bridgehead atoms. The molecule has 0 unspecified atom stereocenters. The molecule has 2 N–H and O–H groups in total. The second-order valence-corrected chi connectivity index (χ2v) is 8.70. The highest BCUT2D eigenvalue weighted by molar-refractivity contribution is 7.86. The summed E-state index contributed by atoms with van der Waals surface area (Å²) in [6, 6.07) is 18.2. The van der Waals surface area contributed by atoms with E-state index in [-0.39, 0.29) is 26.1 Å². The highest BCUT2D eigenvalue weighted by Gasteiger charge is 2.45. The number of hydrogen-bond acceptors (Lipinski definition) is 4. The fourth-order valence-electron chi connectivity index (χ4n) is 3.29. The summed E-state index contributed by atoms with van der Waals surface area (Å²) in [5.74, 6) is 0. The van der Waals surface area contributed by atoms with Gasteiger partial charge in [0.25, 0.3) is 10.2 Å². The first-order chi connectivity index (χ1) is 12.3. The summed E-state index contributed by atoms with van der Waals surface area (Å²) in [5, 5.41) is 21.4. The van der Waals surface area contributed by atoms with Gasteiger partial charge in [-0.25, -0.2) is 0 Å². The van der Waals surface area contributed by atoms with Crippen molar-refractivity contribution in [1.82, 2.24) is 8.61 Å². The zero-order chi connectivity index (χ0) is 18.8. The van der Waals surface area contributed by atoms with Crippen molar-refractivity contribution < 1.29 is 18.6 Å². The number of β-amino-alcohol motifs (C(OH)–C–C–N with tert-alkyl or cyclic N) is 1. The maximum atomic E-state index is 12.8. The lowest BCUT2D eigenvalue weighted by molar-refractivity contribution is -0.112. The minimum atomic E-state index is -3.73. The van der Waals surface area contributed by atoms with Crippen LogP contribution in [0, 0.1) is 0 Å². The Labute approximate surface area is 154 Å². The Morgan fingerprint density at radius 3 is 2.27 bits per heavy atom. The van der Waals surface area contributed by atoms with Crippen LogP contribution < -0.4 is 0 Å². The summed E-state index contributed by atoms with van der Waals surface area (Å²) in [5.41, 5.74) is 0.0461. The van der Waals surface area contributed by atoms with Crippen molar-refractivity contribution in [2.24, 2.45) is 0 Å². The molecule has 6 nitrogen and oxygen atoms in total. The standard InChI is InChI=1S/C19H24N2O4S/c1-20(14-16-8-4-2-5-9-16)26(24,25)21-13-12-19(23,18(22)15-21)17-10-6-3-7-11-17/h2-11,18,22-23H,12-15H2,1H3/t18-,19-/m0/s1. The number of aliphatic hydroxyl groups is 2. The summed E-state index contributed by atoms with van der Waals surface area (Å²) in [4.78, 5) is 0. The van der Waals surface area contributed by atoms with Crippen LogP contribution in [0.1, 0.15) is 17.5 Å². The summed E-state index contributed by atoms with van der Waals surface area (Å²) in [6.45, 7) is 0.246. The number of hydrogen-bond donors (Lipinski definition) is 2. The van der Waals surface area contributed by atoms with Crippen LogP contribution in [0.15, 0.2) is 60.7 Å².